The van der Waals surface area contributed by atoms with Gasteiger partial charge in [0, 0.05) is 28.8 Å². The van der Waals surface area contributed by atoms with Crippen LogP contribution in [0, 0.1) is 0 Å². The van der Waals surface area contributed by atoms with E-state index >= 15 is 0 Å². The Morgan fingerprint density at radius 1 is 1.24 bits per heavy atom. The molecule has 5 heteroatoms. The van der Waals surface area contributed by atoms with E-state index in [0.29, 0.717) is 6.04 Å². The van der Waals surface area contributed by atoms with E-state index < -0.39 is 0 Å². The molecule has 2 aromatic heterocycles. The molecule has 0 aliphatic carbocycles. The third-order valence-corrected chi connectivity index (χ3v) is 4.88. The number of thiophene rings is 1. The quantitative estimate of drug-likeness (QED) is 0.770. The summed E-state index contributed by atoms with van der Waals surface area (Å²) in [6.45, 7) is 8.56. The highest BCUT2D eigenvalue weighted by atomic mass is 32.1. The van der Waals surface area contributed by atoms with Crippen LogP contribution in [0.15, 0.2) is 18.5 Å². The second-order valence-electron chi connectivity index (χ2n) is 5.27. The Labute approximate surface area is 131 Å². The molecule has 1 atom stereocenters. The first-order chi connectivity index (χ1) is 10.3. The van der Waals surface area contributed by atoms with Crippen LogP contribution in [0.4, 0.5) is 0 Å². The number of aromatic nitrogens is 3. The molecule has 0 saturated heterocycles. The van der Waals surface area contributed by atoms with E-state index in [1.807, 2.05) is 16.0 Å². The average Bonchev–Trinajstić information content (AvgIpc) is 3.13. The summed E-state index contributed by atoms with van der Waals surface area (Å²) in [5.74, 6) is 1.08. The lowest BCUT2D eigenvalue weighted by atomic mass is 10.1. The molecule has 0 saturated carbocycles. The molecule has 2 heterocycles. The largest absolute Gasteiger partial charge is 0.309 e. The first-order valence-corrected chi connectivity index (χ1v) is 8.78. The van der Waals surface area contributed by atoms with Crippen LogP contribution in [0.25, 0.3) is 0 Å². The topological polar surface area (TPSA) is 42.7 Å². The molecule has 0 amide bonds. The predicted octanol–water partition coefficient (Wildman–Crippen LogP) is 3.60. The van der Waals surface area contributed by atoms with Gasteiger partial charge in [0.15, 0.2) is 0 Å². The summed E-state index contributed by atoms with van der Waals surface area (Å²) < 4.78 is 2.04. The fourth-order valence-corrected chi connectivity index (χ4v) is 3.42. The highest BCUT2D eigenvalue weighted by molar-refractivity contribution is 7.12. The van der Waals surface area contributed by atoms with Crippen molar-refractivity contribution < 1.29 is 0 Å². The lowest BCUT2D eigenvalue weighted by Crippen LogP contribution is -2.24. The van der Waals surface area contributed by atoms with Crippen LogP contribution in [-0.4, -0.2) is 21.3 Å². The maximum Gasteiger partial charge on any atom is 0.138 e. The minimum Gasteiger partial charge on any atom is -0.309 e. The summed E-state index contributed by atoms with van der Waals surface area (Å²) in [5.41, 5.74) is 0. The monoisotopic (exact) mass is 306 g/mol. The van der Waals surface area contributed by atoms with Gasteiger partial charge < -0.3 is 5.32 Å². The molecule has 2 rings (SSSR count). The first kappa shape index (κ1) is 16.2. The van der Waals surface area contributed by atoms with Crippen molar-refractivity contribution in [2.75, 3.05) is 6.54 Å². The van der Waals surface area contributed by atoms with E-state index in [2.05, 4.69) is 48.3 Å². The Hall–Kier alpha value is -1.20. The normalized spacial score (nSPS) is 12.7. The Morgan fingerprint density at radius 2 is 2.10 bits per heavy atom. The average molecular weight is 306 g/mol. The third-order valence-electron chi connectivity index (χ3n) is 3.53. The lowest BCUT2D eigenvalue weighted by molar-refractivity contribution is 0.493. The minimum atomic E-state index is 0.343. The van der Waals surface area contributed by atoms with Crippen LogP contribution in [0.2, 0.25) is 0 Å². The Bertz CT molecular complexity index is 532. The maximum atomic E-state index is 4.45. The maximum absolute atomic E-state index is 4.45. The van der Waals surface area contributed by atoms with Crippen LogP contribution < -0.4 is 5.32 Å². The van der Waals surface area contributed by atoms with Gasteiger partial charge in [0.2, 0.25) is 0 Å². The van der Waals surface area contributed by atoms with Gasteiger partial charge in [-0.2, -0.15) is 5.10 Å². The Morgan fingerprint density at radius 3 is 2.76 bits per heavy atom. The van der Waals surface area contributed by atoms with E-state index in [1.165, 1.54) is 9.75 Å². The van der Waals surface area contributed by atoms with Crippen molar-refractivity contribution in [1.82, 2.24) is 20.1 Å². The molecular weight excluding hydrogens is 280 g/mol. The summed E-state index contributed by atoms with van der Waals surface area (Å²) in [5, 5.41) is 8.00. The molecule has 2 aromatic rings. The fraction of sp³-hybridized carbons (Fsp3) is 0.625. The Balaban J connectivity index is 2.13. The minimum absolute atomic E-state index is 0.343. The van der Waals surface area contributed by atoms with Gasteiger partial charge in [-0.15, -0.1) is 11.3 Å². The van der Waals surface area contributed by atoms with Crippen LogP contribution in [0.1, 0.15) is 55.2 Å². The lowest BCUT2D eigenvalue weighted by Gasteiger charge is -2.17. The van der Waals surface area contributed by atoms with Gasteiger partial charge in [-0.3, -0.25) is 4.68 Å². The van der Waals surface area contributed by atoms with Crippen molar-refractivity contribution in [1.29, 1.82) is 0 Å². The number of hydrogen-bond donors (Lipinski definition) is 1. The van der Waals surface area contributed by atoms with Crippen molar-refractivity contribution in [3.05, 3.63) is 34.0 Å². The SMILES string of the molecule is CCCNC(Cc1ncnn1CCC)c1ccc(CC)s1. The number of nitrogens with zero attached hydrogens (tertiary/aromatic N) is 3. The van der Waals surface area contributed by atoms with E-state index in [-0.39, 0.29) is 0 Å². The molecule has 0 spiro atoms. The fourth-order valence-electron chi connectivity index (χ4n) is 2.39. The second kappa shape index (κ2) is 8.29. The zero-order chi connectivity index (χ0) is 15.1. The van der Waals surface area contributed by atoms with Crippen LogP contribution >= 0.6 is 11.3 Å². The zero-order valence-electron chi connectivity index (χ0n) is 13.3. The van der Waals surface area contributed by atoms with Crippen molar-refractivity contribution in [2.45, 2.75) is 59.0 Å². The molecule has 1 unspecified atom stereocenters. The number of aryl methyl sites for hydroxylation is 2. The smallest absolute Gasteiger partial charge is 0.138 e. The molecule has 1 N–H and O–H groups in total. The van der Waals surface area contributed by atoms with Gasteiger partial charge in [-0.1, -0.05) is 20.8 Å². The highest BCUT2D eigenvalue weighted by Gasteiger charge is 2.17. The van der Waals surface area contributed by atoms with Gasteiger partial charge >= 0.3 is 0 Å². The van der Waals surface area contributed by atoms with Gasteiger partial charge in [-0.25, -0.2) is 4.98 Å². The summed E-state index contributed by atoms with van der Waals surface area (Å²) in [6, 6.07) is 4.85. The summed E-state index contributed by atoms with van der Waals surface area (Å²) in [7, 11) is 0. The number of rotatable bonds is 9. The van der Waals surface area contributed by atoms with Crippen molar-refractivity contribution in [2.24, 2.45) is 0 Å². The van der Waals surface area contributed by atoms with Crippen LogP contribution in [-0.2, 0) is 19.4 Å². The van der Waals surface area contributed by atoms with Gasteiger partial charge in [-0.05, 0) is 37.9 Å². The molecule has 0 aliphatic rings. The summed E-state index contributed by atoms with van der Waals surface area (Å²) in [4.78, 5) is 7.31. The van der Waals surface area contributed by atoms with E-state index in [4.69, 9.17) is 0 Å². The number of hydrogen-bond acceptors (Lipinski definition) is 4. The highest BCUT2D eigenvalue weighted by Crippen LogP contribution is 2.26. The molecule has 0 radical (unpaired) electrons. The molecule has 0 fully saturated rings. The standard InChI is InChI=1S/C16H26N4S/c1-4-9-17-14(15-8-7-13(6-3)21-15)11-16-18-12-19-20(16)10-5-2/h7-8,12,14,17H,4-6,9-11H2,1-3H3. The van der Waals surface area contributed by atoms with Gasteiger partial charge in [0.05, 0.1) is 0 Å². The third kappa shape index (κ3) is 4.38. The Kier molecular flexibility index (Phi) is 6.39. The van der Waals surface area contributed by atoms with Gasteiger partial charge in [0.25, 0.3) is 0 Å². The molecule has 116 valence electrons. The molecule has 0 bridgehead atoms. The predicted molar refractivity (Wildman–Crippen MR) is 88.7 cm³/mol. The van der Waals surface area contributed by atoms with E-state index in [0.717, 1.165) is 44.6 Å². The molecular formula is C16H26N4S. The van der Waals surface area contributed by atoms with Gasteiger partial charge in [0.1, 0.15) is 12.2 Å². The summed E-state index contributed by atoms with van der Waals surface area (Å²) in [6.07, 6.45) is 5.92. The van der Waals surface area contributed by atoms with Crippen molar-refractivity contribution in [3.63, 3.8) is 0 Å². The van der Waals surface area contributed by atoms with Crippen molar-refractivity contribution >= 4 is 11.3 Å². The molecule has 0 aromatic carbocycles. The van der Waals surface area contributed by atoms with E-state index in [1.54, 1.807) is 6.33 Å². The second-order valence-corrected chi connectivity index (χ2v) is 6.47. The molecule has 21 heavy (non-hydrogen) atoms. The van der Waals surface area contributed by atoms with Crippen LogP contribution in [0.3, 0.4) is 0 Å². The van der Waals surface area contributed by atoms with Crippen molar-refractivity contribution in [3.8, 4) is 0 Å². The summed E-state index contributed by atoms with van der Waals surface area (Å²) >= 11 is 1.91. The number of nitrogens with one attached hydrogen (secondary N) is 1. The molecule has 4 nitrogen and oxygen atoms in total. The van der Waals surface area contributed by atoms with E-state index in [9.17, 15) is 0 Å². The van der Waals surface area contributed by atoms with Crippen LogP contribution in [0.5, 0.6) is 0 Å². The first-order valence-electron chi connectivity index (χ1n) is 7.97. The zero-order valence-corrected chi connectivity index (χ0v) is 14.1. The molecule has 0 aliphatic heterocycles.